The molecule has 1 aliphatic heterocycles. The van der Waals surface area contributed by atoms with Crippen molar-refractivity contribution >= 4 is 12.4 Å². The zero-order valence-corrected chi connectivity index (χ0v) is 12.1. The third kappa shape index (κ3) is 4.36. The predicted octanol–water partition coefficient (Wildman–Crippen LogP) is 3.91. The Morgan fingerprint density at radius 2 is 2.10 bits per heavy atom. The van der Waals surface area contributed by atoms with E-state index in [0.29, 0.717) is 18.7 Å². The van der Waals surface area contributed by atoms with Crippen molar-refractivity contribution in [2.24, 2.45) is 0 Å². The molecule has 0 saturated carbocycles. The van der Waals surface area contributed by atoms with E-state index in [-0.39, 0.29) is 18.5 Å². The quantitative estimate of drug-likeness (QED) is 0.839. The highest BCUT2D eigenvalue weighted by molar-refractivity contribution is 5.85. The first-order valence-electron chi connectivity index (χ1n) is 6.52. The first kappa shape index (κ1) is 17.3. The topological polar surface area (TPSA) is 12.5 Å². The van der Waals surface area contributed by atoms with Crippen LogP contribution in [0.15, 0.2) is 24.3 Å². The van der Waals surface area contributed by atoms with Crippen LogP contribution in [0, 0.1) is 0 Å². The highest BCUT2D eigenvalue weighted by Gasteiger charge is 2.31. The van der Waals surface area contributed by atoms with E-state index in [1.807, 2.05) is 0 Å². The number of hydrogen-bond donors (Lipinski definition) is 0. The summed E-state index contributed by atoms with van der Waals surface area (Å²) >= 11 is 0. The van der Waals surface area contributed by atoms with Crippen LogP contribution in [-0.2, 0) is 10.9 Å². The van der Waals surface area contributed by atoms with Gasteiger partial charge in [0.15, 0.2) is 0 Å². The number of rotatable bonds is 3. The molecule has 0 amide bonds. The Bertz CT molecular complexity index is 423. The van der Waals surface area contributed by atoms with Crippen LogP contribution in [0.5, 0.6) is 0 Å². The summed E-state index contributed by atoms with van der Waals surface area (Å²) in [7, 11) is 0. The molecule has 0 aromatic heterocycles. The van der Waals surface area contributed by atoms with E-state index in [1.165, 1.54) is 12.1 Å². The molecule has 114 valence electrons. The third-order valence-corrected chi connectivity index (χ3v) is 3.28. The molecule has 0 aliphatic carbocycles. The number of alkyl halides is 3. The fourth-order valence-corrected chi connectivity index (χ4v) is 2.34. The van der Waals surface area contributed by atoms with Gasteiger partial charge >= 0.3 is 6.18 Å². The lowest BCUT2D eigenvalue weighted by atomic mass is 10.0. The molecular weight excluding hydrogens is 291 g/mol. The lowest BCUT2D eigenvalue weighted by molar-refractivity contribution is -0.137. The molecule has 0 radical (unpaired) electrons. The van der Waals surface area contributed by atoms with Crippen LogP contribution in [0.1, 0.15) is 30.6 Å². The number of morpholine rings is 1. The normalized spacial score (nSPS) is 20.5. The molecule has 1 unspecified atom stereocenters. The van der Waals surface area contributed by atoms with E-state index in [1.54, 1.807) is 6.07 Å². The predicted molar refractivity (Wildman–Crippen MR) is 74.1 cm³/mol. The Morgan fingerprint density at radius 3 is 2.75 bits per heavy atom. The van der Waals surface area contributed by atoms with Crippen molar-refractivity contribution in [3.05, 3.63) is 35.4 Å². The van der Waals surface area contributed by atoms with Gasteiger partial charge in [-0.25, -0.2) is 0 Å². The van der Waals surface area contributed by atoms with Gasteiger partial charge in [0.1, 0.15) is 0 Å². The summed E-state index contributed by atoms with van der Waals surface area (Å²) < 4.78 is 43.6. The fraction of sp³-hybridized carbons (Fsp3) is 0.571. The maximum absolute atomic E-state index is 12.7. The Kier molecular flexibility index (Phi) is 6.30. The van der Waals surface area contributed by atoms with Gasteiger partial charge < -0.3 is 4.74 Å². The SMILES string of the molecule is CCCN1CCOC(c2cccc(C(F)(F)F)c2)C1.Cl. The standard InChI is InChI=1S/C14H18F3NO.ClH/c1-2-6-18-7-8-19-13(10-18)11-4-3-5-12(9-11)14(15,16)17;/h3-5,9,13H,2,6-8,10H2,1H3;1H. The highest BCUT2D eigenvalue weighted by Crippen LogP contribution is 2.32. The molecule has 1 aromatic rings. The van der Waals surface area contributed by atoms with Crippen LogP contribution < -0.4 is 0 Å². The van der Waals surface area contributed by atoms with Crippen LogP contribution in [0.3, 0.4) is 0 Å². The molecule has 1 fully saturated rings. The van der Waals surface area contributed by atoms with E-state index in [0.717, 1.165) is 25.6 Å². The van der Waals surface area contributed by atoms with Crippen molar-refractivity contribution in [2.75, 3.05) is 26.2 Å². The van der Waals surface area contributed by atoms with Gasteiger partial charge in [-0.1, -0.05) is 19.1 Å². The van der Waals surface area contributed by atoms with E-state index >= 15 is 0 Å². The second-order valence-corrected chi connectivity index (χ2v) is 4.78. The summed E-state index contributed by atoms with van der Waals surface area (Å²) in [5, 5.41) is 0. The van der Waals surface area contributed by atoms with Gasteiger partial charge in [-0.05, 0) is 30.7 Å². The number of nitrogens with zero attached hydrogens (tertiary/aromatic N) is 1. The minimum atomic E-state index is -4.30. The summed E-state index contributed by atoms with van der Waals surface area (Å²) in [4.78, 5) is 2.23. The maximum Gasteiger partial charge on any atom is 0.416 e. The minimum absolute atomic E-state index is 0. The van der Waals surface area contributed by atoms with Crippen molar-refractivity contribution in [1.29, 1.82) is 0 Å². The third-order valence-electron chi connectivity index (χ3n) is 3.28. The molecule has 1 heterocycles. The van der Waals surface area contributed by atoms with Gasteiger partial charge in [0, 0.05) is 13.1 Å². The number of ether oxygens (including phenoxy) is 1. The molecule has 1 atom stereocenters. The average molecular weight is 310 g/mol. The Hall–Kier alpha value is -0.780. The van der Waals surface area contributed by atoms with E-state index in [2.05, 4.69) is 11.8 Å². The van der Waals surface area contributed by atoms with Crippen LogP contribution >= 0.6 is 12.4 Å². The average Bonchev–Trinajstić information content (AvgIpc) is 2.39. The molecule has 1 saturated heterocycles. The second kappa shape index (κ2) is 7.29. The van der Waals surface area contributed by atoms with Crippen molar-refractivity contribution < 1.29 is 17.9 Å². The van der Waals surface area contributed by atoms with Gasteiger partial charge in [-0.2, -0.15) is 13.2 Å². The van der Waals surface area contributed by atoms with Crippen molar-refractivity contribution in [3.63, 3.8) is 0 Å². The minimum Gasteiger partial charge on any atom is -0.371 e. The number of benzene rings is 1. The lowest BCUT2D eigenvalue weighted by Gasteiger charge is -2.33. The summed E-state index contributed by atoms with van der Waals surface area (Å²) in [6.07, 6.45) is -3.52. The van der Waals surface area contributed by atoms with E-state index in [4.69, 9.17) is 4.74 Å². The summed E-state index contributed by atoms with van der Waals surface area (Å²) in [6, 6.07) is 5.44. The van der Waals surface area contributed by atoms with Crippen molar-refractivity contribution in [3.8, 4) is 0 Å². The lowest BCUT2D eigenvalue weighted by Crippen LogP contribution is -2.38. The maximum atomic E-state index is 12.7. The zero-order valence-electron chi connectivity index (χ0n) is 11.3. The van der Waals surface area contributed by atoms with Gasteiger partial charge in [-0.3, -0.25) is 4.90 Å². The van der Waals surface area contributed by atoms with Gasteiger partial charge in [0.25, 0.3) is 0 Å². The number of halogens is 4. The number of hydrogen-bond acceptors (Lipinski definition) is 2. The summed E-state index contributed by atoms with van der Waals surface area (Å²) in [6.45, 7) is 5.13. The zero-order chi connectivity index (χ0) is 13.9. The van der Waals surface area contributed by atoms with Gasteiger partial charge in [-0.15, -0.1) is 12.4 Å². The first-order chi connectivity index (χ1) is 9.00. The molecule has 0 bridgehead atoms. The van der Waals surface area contributed by atoms with Crippen LogP contribution in [0.2, 0.25) is 0 Å². The molecule has 0 N–H and O–H groups in total. The largest absolute Gasteiger partial charge is 0.416 e. The molecule has 2 nitrogen and oxygen atoms in total. The first-order valence-corrected chi connectivity index (χ1v) is 6.52. The van der Waals surface area contributed by atoms with Crippen molar-refractivity contribution in [2.45, 2.75) is 25.6 Å². The molecule has 2 rings (SSSR count). The highest BCUT2D eigenvalue weighted by atomic mass is 35.5. The fourth-order valence-electron chi connectivity index (χ4n) is 2.34. The van der Waals surface area contributed by atoms with Crippen LogP contribution in [-0.4, -0.2) is 31.1 Å². The molecule has 0 spiro atoms. The van der Waals surface area contributed by atoms with E-state index in [9.17, 15) is 13.2 Å². The van der Waals surface area contributed by atoms with Gasteiger partial charge in [0.05, 0.1) is 18.3 Å². The smallest absolute Gasteiger partial charge is 0.371 e. The van der Waals surface area contributed by atoms with Gasteiger partial charge in [0.2, 0.25) is 0 Å². The molecule has 1 aliphatic rings. The van der Waals surface area contributed by atoms with Crippen molar-refractivity contribution in [1.82, 2.24) is 4.90 Å². The summed E-state index contributed by atoms with van der Waals surface area (Å²) in [5.74, 6) is 0. The molecule has 20 heavy (non-hydrogen) atoms. The summed E-state index contributed by atoms with van der Waals surface area (Å²) in [5.41, 5.74) is -0.00292. The monoisotopic (exact) mass is 309 g/mol. The van der Waals surface area contributed by atoms with Crippen LogP contribution in [0.25, 0.3) is 0 Å². The Morgan fingerprint density at radius 1 is 1.35 bits per heavy atom. The molecular formula is C14H19ClF3NO. The molecule has 1 aromatic carbocycles. The molecule has 6 heteroatoms. The Balaban J connectivity index is 0.00000200. The van der Waals surface area contributed by atoms with E-state index < -0.39 is 11.7 Å². The second-order valence-electron chi connectivity index (χ2n) is 4.78. The van der Waals surface area contributed by atoms with Crippen LogP contribution in [0.4, 0.5) is 13.2 Å². The Labute approximate surface area is 123 Å².